The number of hydrogen-bond acceptors (Lipinski definition) is 3. The van der Waals surface area contributed by atoms with Gasteiger partial charge in [-0.1, -0.05) is 48.9 Å². The van der Waals surface area contributed by atoms with Gasteiger partial charge in [0.05, 0.1) is 5.52 Å². The quantitative estimate of drug-likeness (QED) is 0.753. The van der Waals surface area contributed by atoms with Crippen molar-refractivity contribution in [3.63, 3.8) is 0 Å². The summed E-state index contributed by atoms with van der Waals surface area (Å²) in [6, 6.07) is 15.7. The lowest BCUT2D eigenvalue weighted by Crippen LogP contribution is -2.04. The van der Waals surface area contributed by atoms with Gasteiger partial charge in [0, 0.05) is 22.5 Å². The van der Waals surface area contributed by atoms with Gasteiger partial charge in [0.1, 0.15) is 5.82 Å². The monoisotopic (exact) mass is 297 g/mol. The molecule has 106 valence electrons. The second-order valence-corrected chi connectivity index (χ2v) is 5.29. The van der Waals surface area contributed by atoms with Crippen LogP contribution in [0.15, 0.2) is 48.5 Å². The van der Waals surface area contributed by atoms with Gasteiger partial charge in [0.2, 0.25) is 0 Å². The molecule has 0 saturated carbocycles. The molecular formula is C17H16ClN3. The summed E-state index contributed by atoms with van der Waals surface area (Å²) in [5.41, 5.74) is 1.86. The van der Waals surface area contributed by atoms with E-state index in [9.17, 15) is 0 Å². The molecular weight excluding hydrogens is 282 g/mol. The van der Waals surface area contributed by atoms with Gasteiger partial charge in [-0.05, 0) is 24.6 Å². The number of nitrogens with zero attached hydrogens (tertiary/aromatic N) is 2. The molecule has 0 bridgehead atoms. The third-order valence-electron chi connectivity index (χ3n) is 3.23. The van der Waals surface area contributed by atoms with Crippen molar-refractivity contribution >= 4 is 28.3 Å². The summed E-state index contributed by atoms with van der Waals surface area (Å²) in [6.07, 6.45) is 1.04. The average molecular weight is 298 g/mol. The fourth-order valence-electron chi connectivity index (χ4n) is 2.20. The first-order chi connectivity index (χ1) is 10.3. The summed E-state index contributed by atoms with van der Waals surface area (Å²) < 4.78 is 0. The minimum atomic E-state index is 0.682. The van der Waals surface area contributed by atoms with Crippen molar-refractivity contribution in [3.05, 3.63) is 53.6 Å². The Bertz CT molecular complexity index is 757. The summed E-state index contributed by atoms with van der Waals surface area (Å²) in [4.78, 5) is 9.31. The third-order valence-corrected chi connectivity index (χ3v) is 3.47. The van der Waals surface area contributed by atoms with Crippen LogP contribution in [0, 0.1) is 0 Å². The first-order valence-corrected chi connectivity index (χ1v) is 7.42. The molecule has 1 N–H and O–H groups in total. The number of benzene rings is 2. The zero-order valence-electron chi connectivity index (χ0n) is 11.8. The van der Waals surface area contributed by atoms with Crippen LogP contribution in [0.25, 0.3) is 22.3 Å². The fraction of sp³-hybridized carbons (Fsp3) is 0.176. The molecule has 0 fully saturated rings. The third kappa shape index (κ3) is 2.98. The highest BCUT2D eigenvalue weighted by molar-refractivity contribution is 6.31. The molecule has 0 amide bonds. The van der Waals surface area contributed by atoms with E-state index in [4.69, 9.17) is 11.6 Å². The highest BCUT2D eigenvalue weighted by Gasteiger charge is 2.09. The van der Waals surface area contributed by atoms with Crippen molar-refractivity contribution in [2.24, 2.45) is 0 Å². The largest absolute Gasteiger partial charge is 0.369 e. The Morgan fingerprint density at radius 3 is 2.62 bits per heavy atom. The number of nitrogens with one attached hydrogen (secondary N) is 1. The van der Waals surface area contributed by atoms with E-state index in [0.717, 1.165) is 35.2 Å². The predicted molar refractivity (Wildman–Crippen MR) is 88.8 cm³/mol. The molecule has 0 aliphatic rings. The van der Waals surface area contributed by atoms with Gasteiger partial charge in [-0.25, -0.2) is 9.97 Å². The summed E-state index contributed by atoms with van der Waals surface area (Å²) in [5, 5.41) is 5.05. The minimum Gasteiger partial charge on any atom is -0.369 e. The maximum atomic E-state index is 6.09. The molecule has 0 atom stereocenters. The van der Waals surface area contributed by atoms with Gasteiger partial charge >= 0.3 is 0 Å². The molecule has 0 spiro atoms. The predicted octanol–water partition coefficient (Wildman–Crippen LogP) is 4.77. The number of halogens is 1. The van der Waals surface area contributed by atoms with Crippen LogP contribution in [0.2, 0.25) is 5.02 Å². The van der Waals surface area contributed by atoms with Gasteiger partial charge in [0.25, 0.3) is 0 Å². The smallest absolute Gasteiger partial charge is 0.162 e. The molecule has 0 unspecified atom stereocenters. The number of rotatable bonds is 4. The molecule has 0 aliphatic heterocycles. The van der Waals surface area contributed by atoms with Crippen molar-refractivity contribution in [1.29, 1.82) is 0 Å². The van der Waals surface area contributed by atoms with Gasteiger partial charge in [-0.3, -0.25) is 0 Å². The molecule has 2 aromatic carbocycles. The highest BCUT2D eigenvalue weighted by Crippen LogP contribution is 2.27. The van der Waals surface area contributed by atoms with Crippen LogP contribution in [0.1, 0.15) is 13.3 Å². The van der Waals surface area contributed by atoms with Crippen LogP contribution < -0.4 is 5.32 Å². The first-order valence-electron chi connectivity index (χ1n) is 7.04. The van der Waals surface area contributed by atoms with Crippen molar-refractivity contribution < 1.29 is 0 Å². The summed E-state index contributed by atoms with van der Waals surface area (Å²) in [7, 11) is 0. The van der Waals surface area contributed by atoms with Crippen LogP contribution in [0.5, 0.6) is 0 Å². The average Bonchev–Trinajstić information content (AvgIpc) is 2.52. The Morgan fingerprint density at radius 1 is 1.05 bits per heavy atom. The van der Waals surface area contributed by atoms with Gasteiger partial charge in [0.15, 0.2) is 5.82 Å². The topological polar surface area (TPSA) is 37.8 Å². The Balaban J connectivity index is 2.17. The van der Waals surface area contributed by atoms with E-state index < -0.39 is 0 Å². The van der Waals surface area contributed by atoms with Crippen LogP contribution in [0.3, 0.4) is 0 Å². The second kappa shape index (κ2) is 6.10. The Morgan fingerprint density at radius 2 is 1.86 bits per heavy atom. The Kier molecular flexibility index (Phi) is 4.02. The molecule has 0 saturated heterocycles. The van der Waals surface area contributed by atoms with Gasteiger partial charge < -0.3 is 5.32 Å². The molecule has 1 heterocycles. The zero-order chi connectivity index (χ0) is 14.7. The van der Waals surface area contributed by atoms with Crippen LogP contribution in [-0.2, 0) is 0 Å². The van der Waals surface area contributed by atoms with Gasteiger partial charge in [-0.15, -0.1) is 0 Å². The Hall–Kier alpha value is -2.13. The minimum absolute atomic E-state index is 0.682. The van der Waals surface area contributed by atoms with Crippen molar-refractivity contribution in [2.75, 3.05) is 11.9 Å². The van der Waals surface area contributed by atoms with E-state index >= 15 is 0 Å². The molecule has 21 heavy (non-hydrogen) atoms. The van der Waals surface area contributed by atoms with Crippen molar-refractivity contribution in [1.82, 2.24) is 9.97 Å². The van der Waals surface area contributed by atoms with Crippen LogP contribution in [0.4, 0.5) is 5.82 Å². The second-order valence-electron chi connectivity index (χ2n) is 4.85. The SMILES string of the molecule is CCCNc1nc(-c2ccccc2)nc2cc(Cl)ccc12. The van der Waals surface area contributed by atoms with Gasteiger partial charge in [-0.2, -0.15) is 0 Å². The molecule has 3 rings (SSSR count). The lowest BCUT2D eigenvalue weighted by atomic mass is 10.2. The first kappa shape index (κ1) is 13.8. The summed E-state index contributed by atoms with van der Waals surface area (Å²) >= 11 is 6.09. The van der Waals surface area contributed by atoms with E-state index in [-0.39, 0.29) is 0 Å². The van der Waals surface area contributed by atoms with E-state index in [0.29, 0.717) is 10.8 Å². The van der Waals surface area contributed by atoms with E-state index in [1.54, 1.807) is 0 Å². The number of hydrogen-bond donors (Lipinski definition) is 1. The molecule has 1 aromatic heterocycles. The van der Waals surface area contributed by atoms with E-state index in [1.807, 2.05) is 48.5 Å². The normalized spacial score (nSPS) is 10.8. The molecule has 0 radical (unpaired) electrons. The maximum Gasteiger partial charge on any atom is 0.162 e. The molecule has 0 aliphatic carbocycles. The van der Waals surface area contributed by atoms with Crippen molar-refractivity contribution in [3.8, 4) is 11.4 Å². The van der Waals surface area contributed by atoms with E-state index in [1.165, 1.54) is 0 Å². The standard InChI is InChI=1S/C17H16ClN3/c1-2-10-19-17-14-9-8-13(18)11-15(14)20-16(21-17)12-6-4-3-5-7-12/h3-9,11H,2,10H2,1H3,(H,19,20,21). The maximum absolute atomic E-state index is 6.09. The lowest BCUT2D eigenvalue weighted by molar-refractivity contribution is 0.970. The van der Waals surface area contributed by atoms with Crippen LogP contribution in [-0.4, -0.2) is 16.5 Å². The highest BCUT2D eigenvalue weighted by atomic mass is 35.5. The summed E-state index contributed by atoms with van der Waals surface area (Å²) in [5.74, 6) is 1.57. The molecule has 4 heteroatoms. The Labute approximate surface area is 129 Å². The lowest BCUT2D eigenvalue weighted by Gasteiger charge is -2.10. The fourth-order valence-corrected chi connectivity index (χ4v) is 2.36. The zero-order valence-corrected chi connectivity index (χ0v) is 12.6. The number of anilines is 1. The molecule has 3 nitrogen and oxygen atoms in total. The number of aromatic nitrogens is 2. The summed E-state index contributed by atoms with van der Waals surface area (Å²) in [6.45, 7) is 3.01. The van der Waals surface area contributed by atoms with Crippen LogP contribution >= 0.6 is 11.6 Å². The van der Waals surface area contributed by atoms with E-state index in [2.05, 4.69) is 22.2 Å². The number of fused-ring (bicyclic) bond motifs is 1. The van der Waals surface area contributed by atoms with Crippen molar-refractivity contribution in [2.45, 2.75) is 13.3 Å². The molecule has 3 aromatic rings.